The van der Waals surface area contributed by atoms with Crippen LogP contribution in [0.25, 0.3) is 0 Å². The monoisotopic (exact) mass is 439 g/mol. The molecule has 1 unspecified atom stereocenters. The first kappa shape index (κ1) is 19.0. The molecule has 1 aliphatic rings. The van der Waals surface area contributed by atoms with Gasteiger partial charge in [0.15, 0.2) is 11.5 Å². The zero-order chi connectivity index (χ0) is 20.2. The first-order valence-corrected chi connectivity index (χ1v) is 11.2. The van der Waals surface area contributed by atoms with Crippen LogP contribution in [-0.2, 0) is 12.4 Å². The normalized spacial score (nSPS) is 15.1. The number of ether oxygens (including phenoxy) is 3. The summed E-state index contributed by atoms with van der Waals surface area (Å²) in [6.07, 6.45) is -0.414. The zero-order valence-corrected chi connectivity index (χ0v) is 17.4. The predicted molar refractivity (Wildman–Crippen MR) is 112 cm³/mol. The molecule has 1 atom stereocenters. The van der Waals surface area contributed by atoms with Gasteiger partial charge in [-0.1, -0.05) is 42.1 Å². The van der Waals surface area contributed by atoms with Crippen molar-refractivity contribution in [2.75, 3.05) is 6.61 Å². The molecular formula is C21H17N3O4S2. The van der Waals surface area contributed by atoms with Crippen LogP contribution in [0.5, 0.6) is 17.2 Å². The van der Waals surface area contributed by atoms with Gasteiger partial charge in [-0.3, -0.25) is 0 Å². The van der Waals surface area contributed by atoms with E-state index in [0.29, 0.717) is 35.8 Å². The van der Waals surface area contributed by atoms with Gasteiger partial charge in [-0.05, 0) is 24.3 Å². The van der Waals surface area contributed by atoms with Crippen molar-refractivity contribution in [1.82, 2.24) is 15.2 Å². The maximum Gasteiger partial charge on any atom is 0.277 e. The maximum atomic E-state index is 5.91. The van der Waals surface area contributed by atoms with Gasteiger partial charge in [0.1, 0.15) is 24.0 Å². The summed E-state index contributed by atoms with van der Waals surface area (Å²) >= 11 is 3.01. The Labute approximate surface area is 181 Å². The second-order valence-corrected chi connectivity index (χ2v) is 8.26. The largest absolute Gasteiger partial charge is 0.486 e. The molecule has 0 N–H and O–H groups in total. The van der Waals surface area contributed by atoms with Crippen molar-refractivity contribution in [2.24, 2.45) is 0 Å². The first-order valence-electron chi connectivity index (χ1n) is 9.29. The van der Waals surface area contributed by atoms with Crippen molar-refractivity contribution in [2.45, 2.75) is 23.7 Å². The molecule has 1 aliphatic heterocycles. The standard InChI is InChI=1S/C21H17N3O4S2/c1-2-6-15(7-3-1)25-11-19-22-14(12-29-19)13-30-21-24-23-20(28-21)18-10-26-16-8-4-5-9-17(16)27-18/h1-9,12,18H,10-11,13H2. The van der Waals surface area contributed by atoms with Crippen LogP contribution in [0.2, 0.25) is 0 Å². The van der Waals surface area contributed by atoms with Gasteiger partial charge >= 0.3 is 0 Å². The second-order valence-electron chi connectivity index (χ2n) is 6.39. The van der Waals surface area contributed by atoms with Gasteiger partial charge in [0.2, 0.25) is 6.10 Å². The van der Waals surface area contributed by atoms with Crippen molar-refractivity contribution in [3.05, 3.63) is 76.6 Å². The molecule has 0 aliphatic carbocycles. The SMILES string of the molecule is c1ccc(OCc2nc(CSc3nnc(C4COc5ccccc5O4)o3)cs2)cc1. The van der Waals surface area contributed by atoms with Gasteiger partial charge in [0, 0.05) is 11.1 Å². The minimum Gasteiger partial charge on any atom is -0.486 e. The van der Waals surface area contributed by atoms with Crippen LogP contribution in [0.4, 0.5) is 0 Å². The van der Waals surface area contributed by atoms with Crippen LogP contribution < -0.4 is 14.2 Å². The predicted octanol–water partition coefficient (Wildman–Crippen LogP) is 4.91. The Hall–Kier alpha value is -3.04. The molecular weight excluding hydrogens is 422 g/mol. The molecule has 2 aromatic carbocycles. The number of rotatable bonds is 7. The van der Waals surface area contributed by atoms with E-state index in [-0.39, 0.29) is 0 Å². The maximum absolute atomic E-state index is 5.91. The molecule has 0 amide bonds. The third-order valence-electron chi connectivity index (χ3n) is 4.25. The number of thiazole rings is 1. The number of aromatic nitrogens is 3. The molecule has 4 aromatic rings. The zero-order valence-electron chi connectivity index (χ0n) is 15.8. The van der Waals surface area contributed by atoms with Crippen LogP contribution in [0, 0.1) is 0 Å². The Morgan fingerprint density at radius 2 is 1.87 bits per heavy atom. The lowest BCUT2D eigenvalue weighted by atomic mass is 10.2. The fourth-order valence-electron chi connectivity index (χ4n) is 2.83. The average molecular weight is 440 g/mol. The summed E-state index contributed by atoms with van der Waals surface area (Å²) in [5, 5.41) is 11.6. The Morgan fingerprint density at radius 1 is 1.03 bits per heavy atom. The third-order valence-corrected chi connectivity index (χ3v) is 5.98. The molecule has 30 heavy (non-hydrogen) atoms. The molecule has 0 bridgehead atoms. The first-order chi connectivity index (χ1) is 14.8. The van der Waals surface area contributed by atoms with Gasteiger partial charge in [0.05, 0.1) is 5.69 Å². The molecule has 0 fully saturated rings. The van der Waals surface area contributed by atoms with Crippen molar-refractivity contribution in [3.63, 3.8) is 0 Å². The Morgan fingerprint density at radius 3 is 2.77 bits per heavy atom. The van der Waals surface area contributed by atoms with E-state index in [0.717, 1.165) is 22.2 Å². The highest BCUT2D eigenvalue weighted by molar-refractivity contribution is 7.98. The second kappa shape index (κ2) is 8.76. The van der Waals surface area contributed by atoms with E-state index in [4.69, 9.17) is 18.6 Å². The van der Waals surface area contributed by atoms with E-state index in [1.807, 2.05) is 60.0 Å². The molecule has 5 rings (SSSR count). The molecule has 152 valence electrons. The number of nitrogens with zero attached hydrogens (tertiary/aromatic N) is 3. The average Bonchev–Trinajstić information content (AvgIpc) is 3.46. The van der Waals surface area contributed by atoms with Gasteiger partial charge in [-0.25, -0.2) is 4.98 Å². The molecule has 0 saturated heterocycles. The number of benzene rings is 2. The van der Waals surface area contributed by atoms with Crippen LogP contribution >= 0.6 is 23.1 Å². The fraction of sp³-hybridized carbons (Fsp3) is 0.190. The number of hydrogen-bond acceptors (Lipinski definition) is 9. The highest BCUT2D eigenvalue weighted by Crippen LogP contribution is 2.36. The lowest BCUT2D eigenvalue weighted by Gasteiger charge is -2.23. The van der Waals surface area contributed by atoms with Gasteiger partial charge < -0.3 is 18.6 Å². The van der Waals surface area contributed by atoms with E-state index in [2.05, 4.69) is 15.2 Å². The molecule has 0 saturated carbocycles. The number of thioether (sulfide) groups is 1. The molecule has 0 spiro atoms. The molecule has 3 heterocycles. The number of fused-ring (bicyclic) bond motifs is 1. The van der Waals surface area contributed by atoms with Crippen LogP contribution in [-0.4, -0.2) is 21.8 Å². The Balaban J connectivity index is 1.15. The van der Waals surface area contributed by atoms with Gasteiger partial charge in [0.25, 0.3) is 11.1 Å². The van der Waals surface area contributed by atoms with Crippen LogP contribution in [0.3, 0.4) is 0 Å². The summed E-state index contributed by atoms with van der Waals surface area (Å²) in [4.78, 5) is 4.60. The highest BCUT2D eigenvalue weighted by atomic mass is 32.2. The van der Waals surface area contributed by atoms with E-state index < -0.39 is 6.10 Å². The smallest absolute Gasteiger partial charge is 0.277 e. The van der Waals surface area contributed by atoms with E-state index >= 15 is 0 Å². The van der Waals surface area contributed by atoms with Gasteiger partial charge in [-0.15, -0.1) is 21.5 Å². The van der Waals surface area contributed by atoms with Crippen LogP contribution in [0.15, 0.2) is 69.6 Å². The van der Waals surface area contributed by atoms with Crippen molar-refractivity contribution in [1.29, 1.82) is 0 Å². The van der Waals surface area contributed by atoms with E-state index in [9.17, 15) is 0 Å². The quantitative estimate of drug-likeness (QED) is 0.376. The topological polar surface area (TPSA) is 79.5 Å². The summed E-state index contributed by atoms with van der Waals surface area (Å²) < 4.78 is 23.1. The molecule has 0 radical (unpaired) electrons. The minimum absolute atomic E-state index is 0.334. The lowest BCUT2D eigenvalue weighted by molar-refractivity contribution is 0.0686. The molecule has 2 aromatic heterocycles. The Kier molecular flexibility index (Phi) is 5.54. The van der Waals surface area contributed by atoms with Crippen molar-refractivity contribution >= 4 is 23.1 Å². The fourth-order valence-corrected chi connectivity index (χ4v) is 4.30. The van der Waals surface area contributed by atoms with E-state index in [1.165, 1.54) is 11.8 Å². The Bertz CT molecular complexity index is 1120. The summed E-state index contributed by atoms with van der Waals surface area (Å²) in [7, 11) is 0. The molecule has 9 heteroatoms. The van der Waals surface area contributed by atoms with Gasteiger partial charge in [-0.2, -0.15) is 0 Å². The van der Waals surface area contributed by atoms with Crippen molar-refractivity contribution < 1.29 is 18.6 Å². The molecule has 7 nitrogen and oxygen atoms in total. The van der Waals surface area contributed by atoms with Crippen LogP contribution in [0.1, 0.15) is 22.7 Å². The highest BCUT2D eigenvalue weighted by Gasteiger charge is 2.27. The third kappa shape index (κ3) is 4.42. The summed E-state index contributed by atoms with van der Waals surface area (Å²) in [5.41, 5.74) is 0.947. The number of para-hydroxylation sites is 3. The summed E-state index contributed by atoms with van der Waals surface area (Å²) in [6.45, 7) is 0.782. The summed E-state index contributed by atoms with van der Waals surface area (Å²) in [5.74, 6) is 3.27. The minimum atomic E-state index is -0.414. The number of hydrogen-bond donors (Lipinski definition) is 0. The lowest BCUT2D eigenvalue weighted by Crippen LogP contribution is -2.21. The van der Waals surface area contributed by atoms with E-state index in [1.54, 1.807) is 11.3 Å². The summed E-state index contributed by atoms with van der Waals surface area (Å²) in [6, 6.07) is 17.2. The van der Waals surface area contributed by atoms with Crippen molar-refractivity contribution in [3.8, 4) is 17.2 Å².